The highest BCUT2D eigenvalue weighted by Crippen LogP contribution is 2.42. The summed E-state index contributed by atoms with van der Waals surface area (Å²) in [6.07, 6.45) is 0. The highest BCUT2D eigenvalue weighted by Gasteiger charge is 2.38. The van der Waals surface area contributed by atoms with Gasteiger partial charge in [0.25, 0.3) is 5.71 Å². The number of esters is 3. The van der Waals surface area contributed by atoms with Crippen LogP contribution >= 0.6 is 0 Å². The first kappa shape index (κ1) is 27.2. The quantitative estimate of drug-likeness (QED) is 0.142. The van der Waals surface area contributed by atoms with Crippen LogP contribution in [0, 0.1) is 6.92 Å². The molecule has 0 fully saturated rings. The van der Waals surface area contributed by atoms with Crippen molar-refractivity contribution < 1.29 is 28.6 Å². The standard InChI is InChI=1S/C25H32N6O6/c1-7-35-23(32)19-18(15-10-12-16(13-11-15)31(5)6)17-14(4)27-29-21(17)26-22(19)30-28-20(24(33)36-8-2)25(34)37-9-3/h10-13,18,30H,7-9H2,1-6H3,(H2,26,27,29). The van der Waals surface area contributed by atoms with Crippen LogP contribution in [0.3, 0.4) is 0 Å². The van der Waals surface area contributed by atoms with E-state index >= 15 is 0 Å². The first-order valence-corrected chi connectivity index (χ1v) is 11.9. The lowest BCUT2D eigenvalue weighted by Crippen LogP contribution is -2.34. The van der Waals surface area contributed by atoms with E-state index in [1.807, 2.05) is 50.2 Å². The molecule has 0 amide bonds. The normalized spacial score (nSPS) is 14.2. The van der Waals surface area contributed by atoms with Crippen LogP contribution in [-0.4, -0.2) is 67.7 Å². The van der Waals surface area contributed by atoms with Crippen molar-refractivity contribution in [2.75, 3.05) is 44.1 Å². The Hall–Kier alpha value is -4.35. The lowest BCUT2D eigenvalue weighted by Gasteiger charge is -2.28. The van der Waals surface area contributed by atoms with Gasteiger partial charge >= 0.3 is 17.9 Å². The highest BCUT2D eigenvalue weighted by atomic mass is 16.6. The van der Waals surface area contributed by atoms with Crippen LogP contribution in [0.25, 0.3) is 0 Å². The number of carbonyl (C=O) groups excluding carboxylic acids is 3. The van der Waals surface area contributed by atoms with Crippen molar-refractivity contribution in [1.29, 1.82) is 0 Å². The molecule has 37 heavy (non-hydrogen) atoms. The monoisotopic (exact) mass is 512 g/mol. The van der Waals surface area contributed by atoms with Gasteiger partial charge in [-0.3, -0.25) is 10.5 Å². The van der Waals surface area contributed by atoms with E-state index in [0.717, 1.165) is 22.5 Å². The molecule has 0 saturated carbocycles. The van der Waals surface area contributed by atoms with Gasteiger partial charge in [-0.1, -0.05) is 12.1 Å². The van der Waals surface area contributed by atoms with Crippen molar-refractivity contribution in [1.82, 2.24) is 15.6 Å². The van der Waals surface area contributed by atoms with E-state index < -0.39 is 29.5 Å². The molecule has 0 saturated heterocycles. The number of aromatic amines is 1. The second-order valence-corrected chi connectivity index (χ2v) is 8.18. The van der Waals surface area contributed by atoms with Gasteiger partial charge in [0, 0.05) is 31.0 Å². The van der Waals surface area contributed by atoms with Crippen LogP contribution in [0.15, 0.2) is 40.8 Å². The second kappa shape index (κ2) is 12.1. The van der Waals surface area contributed by atoms with Crippen molar-refractivity contribution in [3.8, 4) is 0 Å². The predicted molar refractivity (Wildman–Crippen MR) is 137 cm³/mol. The molecule has 3 N–H and O–H groups in total. The summed E-state index contributed by atoms with van der Waals surface area (Å²) in [6, 6.07) is 7.73. The number of ether oxygens (including phenoxy) is 3. The van der Waals surface area contributed by atoms with E-state index in [0.29, 0.717) is 5.82 Å². The Morgan fingerprint density at radius 3 is 2.14 bits per heavy atom. The van der Waals surface area contributed by atoms with E-state index in [9.17, 15) is 14.4 Å². The van der Waals surface area contributed by atoms with Gasteiger partial charge in [-0.2, -0.15) is 10.2 Å². The zero-order valence-electron chi connectivity index (χ0n) is 21.8. The largest absolute Gasteiger partial charge is 0.463 e. The molecular weight excluding hydrogens is 480 g/mol. The molecule has 2 heterocycles. The number of aromatic nitrogens is 2. The maximum Gasteiger partial charge on any atom is 0.366 e. The number of fused-ring (bicyclic) bond motifs is 1. The third kappa shape index (κ3) is 5.90. The Kier molecular flexibility index (Phi) is 8.88. The number of nitrogens with one attached hydrogen (secondary N) is 3. The smallest absolute Gasteiger partial charge is 0.366 e. The summed E-state index contributed by atoms with van der Waals surface area (Å²) in [4.78, 5) is 40.0. The van der Waals surface area contributed by atoms with Crippen LogP contribution < -0.4 is 15.6 Å². The number of aryl methyl sites for hydroxylation is 1. The van der Waals surface area contributed by atoms with E-state index in [4.69, 9.17) is 14.2 Å². The summed E-state index contributed by atoms with van der Waals surface area (Å²) < 4.78 is 15.3. The van der Waals surface area contributed by atoms with Gasteiger partial charge in [0.2, 0.25) is 0 Å². The fourth-order valence-corrected chi connectivity index (χ4v) is 3.86. The molecule has 198 valence electrons. The summed E-state index contributed by atoms with van der Waals surface area (Å²) in [7, 11) is 3.87. The van der Waals surface area contributed by atoms with Crippen LogP contribution in [0.2, 0.25) is 0 Å². The summed E-state index contributed by atoms with van der Waals surface area (Å²) in [5, 5.41) is 14.3. The molecule has 1 atom stereocenters. The zero-order chi connectivity index (χ0) is 27.1. The second-order valence-electron chi connectivity index (χ2n) is 8.18. The van der Waals surface area contributed by atoms with Crippen LogP contribution in [0.4, 0.5) is 11.5 Å². The van der Waals surface area contributed by atoms with Crippen LogP contribution in [-0.2, 0) is 28.6 Å². The van der Waals surface area contributed by atoms with Gasteiger partial charge in [0.1, 0.15) is 5.82 Å². The Balaban J connectivity index is 2.16. The number of hydrogen-bond acceptors (Lipinski definition) is 11. The molecule has 1 aliphatic heterocycles. The highest BCUT2D eigenvalue weighted by molar-refractivity contribution is 6.62. The van der Waals surface area contributed by atoms with E-state index in [2.05, 4.69) is 26.0 Å². The van der Waals surface area contributed by atoms with Crippen molar-refractivity contribution in [2.24, 2.45) is 5.10 Å². The summed E-state index contributed by atoms with van der Waals surface area (Å²) in [6.45, 7) is 6.97. The third-order valence-corrected chi connectivity index (χ3v) is 5.54. The van der Waals surface area contributed by atoms with E-state index in [1.165, 1.54) is 0 Å². The average molecular weight is 513 g/mol. The molecular formula is C25H32N6O6. The molecule has 1 aromatic heterocycles. The van der Waals surface area contributed by atoms with Crippen molar-refractivity contribution in [3.63, 3.8) is 0 Å². The summed E-state index contributed by atoms with van der Waals surface area (Å²) >= 11 is 0. The summed E-state index contributed by atoms with van der Waals surface area (Å²) in [5.74, 6) is -2.56. The molecule has 0 radical (unpaired) electrons. The number of hydrazone groups is 1. The number of anilines is 2. The topological polar surface area (TPSA) is 147 Å². The van der Waals surface area contributed by atoms with Crippen molar-refractivity contribution >= 4 is 35.1 Å². The minimum Gasteiger partial charge on any atom is -0.463 e. The molecule has 0 spiro atoms. The molecule has 0 bridgehead atoms. The molecule has 2 aromatic rings. The predicted octanol–water partition coefficient (Wildman–Crippen LogP) is 2.19. The SMILES string of the molecule is CCOC(=O)C(=NNC1=C(C(=O)OCC)C(c2ccc(N(C)C)cc2)c2c(n[nH]c2C)N1)C(=O)OCC. The maximum atomic E-state index is 13.3. The number of hydrogen-bond donors (Lipinski definition) is 3. The molecule has 1 unspecified atom stereocenters. The van der Waals surface area contributed by atoms with Gasteiger partial charge < -0.3 is 24.4 Å². The van der Waals surface area contributed by atoms with Gasteiger partial charge in [0.15, 0.2) is 5.82 Å². The Morgan fingerprint density at radius 1 is 1.00 bits per heavy atom. The van der Waals surface area contributed by atoms with Gasteiger partial charge in [-0.05, 0) is 45.4 Å². The van der Waals surface area contributed by atoms with Gasteiger partial charge in [-0.15, -0.1) is 0 Å². The van der Waals surface area contributed by atoms with Gasteiger partial charge in [-0.25, -0.2) is 14.4 Å². The number of benzene rings is 1. The molecule has 1 aliphatic rings. The number of rotatable bonds is 10. The van der Waals surface area contributed by atoms with E-state index in [1.54, 1.807) is 20.8 Å². The first-order valence-electron chi connectivity index (χ1n) is 11.9. The summed E-state index contributed by atoms with van der Waals surface area (Å²) in [5.41, 5.74) is 5.57. The molecule has 12 nitrogen and oxygen atoms in total. The Morgan fingerprint density at radius 2 is 1.59 bits per heavy atom. The van der Waals surface area contributed by atoms with Gasteiger partial charge in [0.05, 0.1) is 31.3 Å². The average Bonchev–Trinajstić information content (AvgIpc) is 3.24. The first-order chi connectivity index (χ1) is 17.7. The number of nitrogens with zero attached hydrogens (tertiary/aromatic N) is 3. The Labute approximate surface area is 215 Å². The molecule has 0 aliphatic carbocycles. The van der Waals surface area contributed by atoms with Crippen molar-refractivity contribution in [2.45, 2.75) is 33.6 Å². The van der Waals surface area contributed by atoms with Crippen LogP contribution in [0.1, 0.15) is 43.5 Å². The third-order valence-electron chi connectivity index (χ3n) is 5.54. The fraction of sp³-hybridized carbons (Fsp3) is 0.400. The number of H-pyrrole nitrogens is 1. The maximum absolute atomic E-state index is 13.3. The lowest BCUT2D eigenvalue weighted by atomic mass is 9.82. The number of carbonyl (C=O) groups is 3. The van der Waals surface area contributed by atoms with E-state index in [-0.39, 0.29) is 31.2 Å². The zero-order valence-corrected chi connectivity index (χ0v) is 21.8. The fourth-order valence-electron chi connectivity index (χ4n) is 3.86. The minimum atomic E-state index is -0.963. The van der Waals surface area contributed by atoms with Crippen molar-refractivity contribution in [3.05, 3.63) is 52.5 Å². The van der Waals surface area contributed by atoms with Crippen LogP contribution in [0.5, 0.6) is 0 Å². The Bertz CT molecular complexity index is 1190. The molecule has 3 rings (SSSR count). The lowest BCUT2D eigenvalue weighted by molar-refractivity contribution is -0.141. The molecule has 12 heteroatoms. The molecule has 1 aromatic carbocycles. The minimum absolute atomic E-state index is 0.0349.